The first-order chi connectivity index (χ1) is 7.48. The van der Waals surface area contributed by atoms with Crippen molar-refractivity contribution in [3.05, 3.63) is 0 Å². The van der Waals surface area contributed by atoms with Crippen molar-refractivity contribution in [1.82, 2.24) is 4.90 Å². The number of amides is 1. The van der Waals surface area contributed by atoms with Crippen molar-refractivity contribution in [1.29, 1.82) is 0 Å². The van der Waals surface area contributed by atoms with Gasteiger partial charge in [0, 0.05) is 25.0 Å². The summed E-state index contributed by atoms with van der Waals surface area (Å²) in [5, 5.41) is 9.85. The number of likely N-dealkylation sites (tertiary alicyclic amines) is 1. The predicted molar refractivity (Wildman–Crippen MR) is 61.8 cm³/mol. The van der Waals surface area contributed by atoms with Crippen LogP contribution in [0.15, 0.2) is 0 Å². The van der Waals surface area contributed by atoms with Crippen molar-refractivity contribution in [2.75, 3.05) is 13.1 Å². The van der Waals surface area contributed by atoms with Crippen LogP contribution in [0.4, 0.5) is 0 Å². The molecule has 0 aromatic heterocycles. The molecule has 92 valence electrons. The van der Waals surface area contributed by atoms with Gasteiger partial charge in [-0.15, -0.1) is 0 Å². The van der Waals surface area contributed by atoms with E-state index in [4.69, 9.17) is 5.73 Å². The lowest BCUT2D eigenvalue weighted by Gasteiger charge is -2.29. The van der Waals surface area contributed by atoms with Crippen LogP contribution in [-0.4, -0.2) is 40.6 Å². The van der Waals surface area contributed by atoms with Gasteiger partial charge in [-0.05, 0) is 32.6 Å². The number of carbonyl (C=O) groups excluding carboxylic acids is 1. The highest BCUT2D eigenvalue weighted by molar-refractivity contribution is 5.79. The lowest BCUT2D eigenvalue weighted by atomic mass is 9.85. The largest absolute Gasteiger partial charge is 0.388 e. The van der Waals surface area contributed by atoms with E-state index in [0.717, 1.165) is 25.7 Å². The summed E-state index contributed by atoms with van der Waals surface area (Å²) in [7, 11) is 0. The first-order valence-electron chi connectivity index (χ1n) is 6.25. The Morgan fingerprint density at radius 3 is 2.81 bits per heavy atom. The van der Waals surface area contributed by atoms with E-state index in [9.17, 15) is 9.90 Å². The highest BCUT2D eigenvalue weighted by Gasteiger charge is 2.37. The maximum absolute atomic E-state index is 12.2. The van der Waals surface area contributed by atoms with Crippen molar-refractivity contribution >= 4 is 5.91 Å². The molecule has 1 aliphatic heterocycles. The van der Waals surface area contributed by atoms with E-state index in [2.05, 4.69) is 0 Å². The first kappa shape index (κ1) is 11.9. The Morgan fingerprint density at radius 2 is 2.25 bits per heavy atom. The third-order valence-electron chi connectivity index (χ3n) is 3.83. The summed E-state index contributed by atoms with van der Waals surface area (Å²) in [5.74, 6) is 0.297. The summed E-state index contributed by atoms with van der Waals surface area (Å²) < 4.78 is 0. The van der Waals surface area contributed by atoms with Gasteiger partial charge in [-0.2, -0.15) is 0 Å². The van der Waals surface area contributed by atoms with Crippen LogP contribution in [0.3, 0.4) is 0 Å². The van der Waals surface area contributed by atoms with Crippen LogP contribution in [0.1, 0.15) is 39.0 Å². The van der Waals surface area contributed by atoms with Gasteiger partial charge in [0.25, 0.3) is 0 Å². The van der Waals surface area contributed by atoms with Gasteiger partial charge in [-0.25, -0.2) is 0 Å². The van der Waals surface area contributed by atoms with Crippen molar-refractivity contribution in [2.24, 2.45) is 11.7 Å². The lowest BCUT2D eigenvalue weighted by Crippen LogP contribution is -2.41. The molecule has 1 saturated carbocycles. The van der Waals surface area contributed by atoms with E-state index >= 15 is 0 Å². The molecule has 0 spiro atoms. The van der Waals surface area contributed by atoms with Crippen LogP contribution in [0.25, 0.3) is 0 Å². The molecule has 3 atom stereocenters. The molecule has 1 saturated heterocycles. The Bertz CT molecular complexity index is 274. The summed E-state index contributed by atoms with van der Waals surface area (Å²) in [5.41, 5.74) is 5.21. The van der Waals surface area contributed by atoms with Gasteiger partial charge in [0.1, 0.15) is 0 Å². The molecule has 2 aliphatic rings. The normalized spacial score (nSPS) is 40.1. The van der Waals surface area contributed by atoms with Crippen LogP contribution >= 0.6 is 0 Å². The van der Waals surface area contributed by atoms with E-state index in [-0.39, 0.29) is 17.9 Å². The van der Waals surface area contributed by atoms with Crippen LogP contribution < -0.4 is 5.73 Å². The molecule has 4 heteroatoms. The third-order valence-corrected chi connectivity index (χ3v) is 3.83. The average molecular weight is 226 g/mol. The van der Waals surface area contributed by atoms with Crippen LogP contribution in [0.5, 0.6) is 0 Å². The van der Waals surface area contributed by atoms with Gasteiger partial charge in [-0.1, -0.05) is 6.42 Å². The summed E-state index contributed by atoms with van der Waals surface area (Å²) in [6.07, 6.45) is 4.57. The van der Waals surface area contributed by atoms with E-state index < -0.39 is 5.60 Å². The monoisotopic (exact) mass is 226 g/mol. The minimum Gasteiger partial charge on any atom is -0.388 e. The molecule has 0 aromatic rings. The second-order valence-corrected chi connectivity index (χ2v) is 5.63. The Kier molecular flexibility index (Phi) is 3.22. The van der Waals surface area contributed by atoms with E-state index in [1.165, 1.54) is 0 Å². The Hall–Kier alpha value is -0.610. The topological polar surface area (TPSA) is 66.6 Å². The fourth-order valence-corrected chi connectivity index (χ4v) is 2.84. The van der Waals surface area contributed by atoms with Gasteiger partial charge in [0.2, 0.25) is 5.91 Å². The number of hydrogen-bond donors (Lipinski definition) is 2. The molecule has 3 N–H and O–H groups in total. The van der Waals surface area contributed by atoms with Gasteiger partial charge in [-0.3, -0.25) is 4.79 Å². The molecule has 1 aliphatic carbocycles. The fourth-order valence-electron chi connectivity index (χ4n) is 2.84. The molecule has 4 nitrogen and oxygen atoms in total. The number of rotatable bonds is 1. The second kappa shape index (κ2) is 4.34. The smallest absolute Gasteiger partial charge is 0.225 e. The number of nitrogens with zero attached hydrogens (tertiary/aromatic N) is 1. The number of carbonyl (C=O) groups is 1. The molecule has 1 heterocycles. The van der Waals surface area contributed by atoms with E-state index in [1.54, 1.807) is 6.92 Å². The van der Waals surface area contributed by atoms with Crippen LogP contribution in [0.2, 0.25) is 0 Å². The van der Waals surface area contributed by atoms with Gasteiger partial charge >= 0.3 is 0 Å². The Balaban J connectivity index is 1.92. The minimum absolute atomic E-state index is 0.0950. The fraction of sp³-hybridized carbons (Fsp3) is 0.917. The Morgan fingerprint density at radius 1 is 1.50 bits per heavy atom. The molecule has 1 amide bonds. The highest BCUT2D eigenvalue weighted by atomic mass is 16.3. The summed E-state index contributed by atoms with van der Waals surface area (Å²) in [6, 6.07) is 0.186. The molecule has 3 unspecified atom stereocenters. The molecule has 0 aromatic carbocycles. The maximum Gasteiger partial charge on any atom is 0.225 e. The third kappa shape index (κ3) is 2.55. The minimum atomic E-state index is -0.688. The van der Waals surface area contributed by atoms with Crippen LogP contribution in [-0.2, 0) is 4.79 Å². The first-order valence-corrected chi connectivity index (χ1v) is 6.25. The Labute approximate surface area is 96.8 Å². The molecule has 2 fully saturated rings. The van der Waals surface area contributed by atoms with Gasteiger partial charge in [0.15, 0.2) is 0 Å². The molecule has 0 bridgehead atoms. The van der Waals surface area contributed by atoms with Crippen molar-refractivity contribution in [2.45, 2.75) is 50.7 Å². The zero-order valence-electron chi connectivity index (χ0n) is 9.98. The summed E-state index contributed by atoms with van der Waals surface area (Å²) in [6.45, 7) is 2.97. The zero-order chi connectivity index (χ0) is 11.8. The number of aliphatic hydroxyl groups is 1. The molecular formula is C12H22N2O2. The molecule has 2 rings (SSSR count). The molecule has 16 heavy (non-hydrogen) atoms. The van der Waals surface area contributed by atoms with Crippen molar-refractivity contribution in [3.63, 3.8) is 0 Å². The van der Waals surface area contributed by atoms with Gasteiger partial charge in [0.05, 0.1) is 5.60 Å². The maximum atomic E-state index is 12.2. The molecular weight excluding hydrogens is 204 g/mol. The quantitative estimate of drug-likeness (QED) is 0.683. The average Bonchev–Trinajstić information content (AvgIpc) is 2.58. The summed E-state index contributed by atoms with van der Waals surface area (Å²) in [4.78, 5) is 14.0. The van der Waals surface area contributed by atoms with E-state index in [1.807, 2.05) is 4.90 Å². The SMILES string of the molecule is CC1(O)CCN(C(=O)C2CCCC(N)C2)C1. The van der Waals surface area contributed by atoms with Crippen molar-refractivity contribution < 1.29 is 9.90 Å². The predicted octanol–water partition coefficient (Wildman–Crippen LogP) is 0.487. The number of β-amino-alcohol motifs (C(OH)–C–C–N with tert-alkyl or cyclic N) is 1. The number of nitrogens with two attached hydrogens (primary N) is 1. The van der Waals surface area contributed by atoms with Crippen LogP contribution in [0, 0.1) is 5.92 Å². The summed E-state index contributed by atoms with van der Waals surface area (Å²) >= 11 is 0. The second-order valence-electron chi connectivity index (χ2n) is 5.63. The van der Waals surface area contributed by atoms with Gasteiger partial charge < -0.3 is 15.7 Å². The lowest BCUT2D eigenvalue weighted by molar-refractivity contribution is -0.136. The van der Waals surface area contributed by atoms with Crippen molar-refractivity contribution in [3.8, 4) is 0 Å². The zero-order valence-corrected chi connectivity index (χ0v) is 9.98. The number of hydrogen-bond acceptors (Lipinski definition) is 3. The highest BCUT2D eigenvalue weighted by Crippen LogP contribution is 2.28. The molecule has 0 radical (unpaired) electrons. The van der Waals surface area contributed by atoms with E-state index in [0.29, 0.717) is 19.5 Å². The standard InChI is InChI=1S/C12H22N2O2/c1-12(16)5-6-14(8-12)11(15)9-3-2-4-10(13)7-9/h9-10,16H,2-8,13H2,1H3.